The summed E-state index contributed by atoms with van der Waals surface area (Å²) in [6.07, 6.45) is 0. The molecule has 0 spiro atoms. The summed E-state index contributed by atoms with van der Waals surface area (Å²) in [6, 6.07) is 5.94. The number of hydrogen-bond acceptors (Lipinski definition) is 3. The maximum absolute atomic E-state index is 11.6. The van der Waals surface area contributed by atoms with Crippen LogP contribution in [0.15, 0.2) is 24.3 Å². The van der Waals surface area contributed by atoms with Crippen molar-refractivity contribution >= 4 is 57.6 Å². The first-order valence-corrected chi connectivity index (χ1v) is 5.85. The van der Waals surface area contributed by atoms with Gasteiger partial charge in [0.05, 0.1) is 5.56 Å². The molecule has 0 aliphatic carbocycles. The van der Waals surface area contributed by atoms with Gasteiger partial charge >= 0.3 is 5.97 Å². The average molecular weight is 316 g/mol. The van der Waals surface area contributed by atoms with E-state index in [0.29, 0.717) is 0 Å². The highest BCUT2D eigenvalue weighted by Crippen LogP contribution is 2.26. The molecule has 0 saturated heterocycles. The molecule has 1 rings (SSSR count). The highest BCUT2D eigenvalue weighted by Gasteiger charge is 2.24. The lowest BCUT2D eigenvalue weighted by Gasteiger charge is -2.12. The molecule has 1 aromatic carbocycles. The minimum absolute atomic E-state index is 0.0294. The normalized spacial score (nSPS) is 11.1. The van der Waals surface area contributed by atoms with Crippen LogP contribution < -0.4 is 0 Å². The summed E-state index contributed by atoms with van der Waals surface area (Å²) in [6.45, 7) is -0.415. The number of rotatable bonds is 3. The largest absolute Gasteiger partial charge is 0.458 e. The number of alkyl halides is 3. The second-order valence-electron chi connectivity index (χ2n) is 3.01. The van der Waals surface area contributed by atoms with E-state index in [4.69, 9.17) is 51.1 Å². The van der Waals surface area contributed by atoms with Gasteiger partial charge in [0.25, 0.3) is 5.24 Å². The summed E-state index contributed by atoms with van der Waals surface area (Å²) in [5.74, 6) is -0.777. The Morgan fingerprint density at radius 2 is 1.65 bits per heavy atom. The highest BCUT2D eigenvalue weighted by molar-refractivity contribution is 6.68. The van der Waals surface area contributed by atoms with Crippen LogP contribution in [-0.2, 0) is 4.74 Å². The Hall–Kier alpha value is -0.480. The van der Waals surface area contributed by atoms with Crippen molar-refractivity contribution in [2.24, 2.45) is 0 Å². The Kier molecular flexibility index (Phi) is 5.07. The van der Waals surface area contributed by atoms with Crippen molar-refractivity contribution in [3.8, 4) is 0 Å². The van der Waals surface area contributed by atoms with Gasteiger partial charge in [-0.1, -0.05) is 46.9 Å². The van der Waals surface area contributed by atoms with Crippen LogP contribution in [0.3, 0.4) is 0 Å². The van der Waals surface area contributed by atoms with Crippen molar-refractivity contribution in [2.45, 2.75) is 3.79 Å². The van der Waals surface area contributed by atoms with Gasteiger partial charge in [-0.2, -0.15) is 0 Å². The topological polar surface area (TPSA) is 43.4 Å². The molecular weight excluding hydrogens is 310 g/mol. The fourth-order valence-corrected chi connectivity index (χ4v) is 1.39. The zero-order valence-electron chi connectivity index (χ0n) is 8.25. The highest BCUT2D eigenvalue weighted by atomic mass is 35.6. The lowest BCUT2D eigenvalue weighted by Crippen LogP contribution is -2.18. The van der Waals surface area contributed by atoms with Crippen molar-refractivity contribution in [1.82, 2.24) is 0 Å². The first kappa shape index (κ1) is 14.6. The van der Waals surface area contributed by atoms with E-state index in [-0.39, 0.29) is 11.1 Å². The first-order chi connectivity index (χ1) is 7.81. The lowest BCUT2D eigenvalue weighted by molar-refractivity contribution is 0.0509. The third-order valence-corrected chi connectivity index (χ3v) is 2.26. The minimum atomic E-state index is -1.70. The van der Waals surface area contributed by atoms with E-state index in [1.165, 1.54) is 12.1 Å². The summed E-state index contributed by atoms with van der Waals surface area (Å²) >= 11 is 21.6. The van der Waals surface area contributed by atoms with E-state index in [2.05, 4.69) is 0 Å². The van der Waals surface area contributed by atoms with Crippen LogP contribution in [0.4, 0.5) is 0 Å². The molecule has 0 amide bonds. The summed E-state index contributed by atoms with van der Waals surface area (Å²) in [5, 5.41) is -0.758. The van der Waals surface area contributed by atoms with Gasteiger partial charge in [-0.15, -0.1) is 0 Å². The molecule has 17 heavy (non-hydrogen) atoms. The summed E-state index contributed by atoms with van der Waals surface area (Å²) in [5.41, 5.74) is 0.0743. The summed E-state index contributed by atoms with van der Waals surface area (Å²) in [4.78, 5) is 22.7. The van der Waals surface area contributed by atoms with Gasteiger partial charge in [-0.3, -0.25) is 4.79 Å². The van der Waals surface area contributed by atoms with Crippen LogP contribution in [0.1, 0.15) is 20.7 Å². The van der Waals surface area contributed by atoms with Crippen LogP contribution >= 0.6 is 46.4 Å². The van der Waals surface area contributed by atoms with Gasteiger partial charge in [0.15, 0.2) is 0 Å². The summed E-state index contributed by atoms with van der Waals surface area (Å²) < 4.78 is 3.04. The number of hydrogen-bond donors (Lipinski definition) is 0. The van der Waals surface area contributed by atoms with Crippen molar-refractivity contribution in [3.63, 3.8) is 0 Å². The molecular formula is C10H6Cl4O3. The van der Waals surface area contributed by atoms with E-state index in [0.717, 1.165) is 0 Å². The lowest BCUT2D eigenvalue weighted by atomic mass is 10.1. The van der Waals surface area contributed by atoms with Crippen LogP contribution in [0.5, 0.6) is 0 Å². The maximum atomic E-state index is 11.6. The van der Waals surface area contributed by atoms with Gasteiger partial charge in [0.1, 0.15) is 6.61 Å². The molecule has 92 valence electrons. The second kappa shape index (κ2) is 5.91. The van der Waals surface area contributed by atoms with Gasteiger partial charge in [-0.25, -0.2) is 4.79 Å². The van der Waals surface area contributed by atoms with Gasteiger partial charge in [0, 0.05) is 5.56 Å². The third-order valence-electron chi connectivity index (χ3n) is 1.73. The Morgan fingerprint density at radius 3 is 2.12 bits per heavy atom. The van der Waals surface area contributed by atoms with Gasteiger partial charge < -0.3 is 4.74 Å². The molecule has 0 atom stereocenters. The quantitative estimate of drug-likeness (QED) is 0.486. The molecule has 0 fully saturated rings. The SMILES string of the molecule is O=C(Cl)c1ccccc1C(=O)OCC(Cl)(Cl)Cl. The Bertz CT molecular complexity index is 439. The molecule has 0 heterocycles. The second-order valence-corrected chi connectivity index (χ2v) is 5.87. The van der Waals surface area contributed by atoms with Crippen LogP contribution in [0.2, 0.25) is 0 Å². The fraction of sp³-hybridized carbons (Fsp3) is 0.200. The maximum Gasteiger partial charge on any atom is 0.339 e. The number of halogens is 4. The summed E-state index contributed by atoms with van der Waals surface area (Å²) in [7, 11) is 0. The molecule has 7 heteroatoms. The van der Waals surface area contributed by atoms with E-state index >= 15 is 0 Å². The molecule has 0 saturated carbocycles. The van der Waals surface area contributed by atoms with Crippen molar-refractivity contribution in [2.75, 3.05) is 6.61 Å². The Morgan fingerprint density at radius 1 is 1.12 bits per heavy atom. The van der Waals surface area contributed by atoms with Crippen LogP contribution in [0, 0.1) is 0 Å². The number of benzene rings is 1. The Labute approximate surface area is 118 Å². The first-order valence-electron chi connectivity index (χ1n) is 4.34. The smallest absolute Gasteiger partial charge is 0.339 e. The number of carbonyl (C=O) groups excluding carboxylic acids is 2. The Balaban J connectivity index is 2.86. The number of esters is 1. The van der Waals surface area contributed by atoms with E-state index < -0.39 is 21.6 Å². The number of carbonyl (C=O) groups is 2. The molecule has 0 aliphatic rings. The molecule has 3 nitrogen and oxygen atoms in total. The zero-order chi connectivity index (χ0) is 13.1. The third kappa shape index (κ3) is 4.72. The van der Waals surface area contributed by atoms with Crippen LogP contribution in [0.25, 0.3) is 0 Å². The standard InChI is InChI=1S/C10H6Cl4O3/c11-8(15)6-3-1-2-4-7(6)9(16)17-5-10(12,13)14/h1-4H,5H2. The van der Waals surface area contributed by atoms with Crippen LogP contribution in [-0.4, -0.2) is 21.6 Å². The average Bonchev–Trinajstić information content (AvgIpc) is 2.25. The number of ether oxygens (including phenoxy) is 1. The van der Waals surface area contributed by atoms with Crippen molar-refractivity contribution < 1.29 is 14.3 Å². The molecule has 0 N–H and O–H groups in total. The molecule has 0 aromatic heterocycles. The van der Waals surface area contributed by atoms with Crippen molar-refractivity contribution in [3.05, 3.63) is 35.4 Å². The van der Waals surface area contributed by atoms with Gasteiger partial charge in [-0.05, 0) is 23.7 Å². The van der Waals surface area contributed by atoms with E-state index in [9.17, 15) is 9.59 Å². The molecule has 0 bridgehead atoms. The van der Waals surface area contributed by atoms with E-state index in [1.807, 2.05) is 0 Å². The molecule has 0 aliphatic heterocycles. The molecule has 0 unspecified atom stereocenters. The minimum Gasteiger partial charge on any atom is -0.458 e. The van der Waals surface area contributed by atoms with E-state index in [1.54, 1.807) is 12.1 Å². The zero-order valence-corrected chi connectivity index (χ0v) is 11.3. The predicted molar refractivity (Wildman–Crippen MR) is 67.2 cm³/mol. The fourth-order valence-electron chi connectivity index (χ4n) is 1.06. The predicted octanol–water partition coefficient (Wildman–Crippen LogP) is 3.59. The monoisotopic (exact) mass is 314 g/mol. The molecule has 1 aromatic rings. The molecule has 0 radical (unpaired) electrons. The van der Waals surface area contributed by atoms with Crippen molar-refractivity contribution in [1.29, 1.82) is 0 Å². The van der Waals surface area contributed by atoms with Gasteiger partial charge in [0.2, 0.25) is 3.79 Å².